The van der Waals surface area contributed by atoms with Crippen LogP contribution in [-0.2, 0) is 17.8 Å². The normalized spacial score (nSPS) is 19.0. The van der Waals surface area contributed by atoms with Crippen LogP contribution in [-0.4, -0.2) is 20.9 Å². The zero-order chi connectivity index (χ0) is 19.9. The summed E-state index contributed by atoms with van der Waals surface area (Å²) in [6.07, 6.45) is 1.67. The fraction of sp³-hybridized carbons (Fsp3) is 0.364. The van der Waals surface area contributed by atoms with Crippen LogP contribution in [0.15, 0.2) is 52.4 Å². The molecule has 1 atom stereocenters. The second kappa shape index (κ2) is 7.50. The summed E-state index contributed by atoms with van der Waals surface area (Å²) in [4.78, 5) is 20.5. The van der Waals surface area contributed by atoms with Crippen molar-refractivity contribution >= 4 is 33.3 Å². The van der Waals surface area contributed by atoms with Gasteiger partial charge in [-0.15, -0.1) is 11.3 Å². The number of nitrogens with zero attached hydrogens (tertiary/aromatic N) is 2. The van der Waals surface area contributed by atoms with Crippen LogP contribution in [0.4, 0.5) is 0 Å². The van der Waals surface area contributed by atoms with Gasteiger partial charge < -0.3 is 4.74 Å². The van der Waals surface area contributed by atoms with E-state index in [1.165, 1.54) is 0 Å². The highest BCUT2D eigenvalue weighted by Gasteiger charge is 2.33. The van der Waals surface area contributed by atoms with Gasteiger partial charge in [-0.05, 0) is 38.0 Å². The lowest BCUT2D eigenvalue weighted by Crippen LogP contribution is -2.34. The van der Waals surface area contributed by atoms with Crippen molar-refractivity contribution in [2.75, 3.05) is 5.75 Å². The van der Waals surface area contributed by atoms with Gasteiger partial charge in [-0.2, -0.15) is 0 Å². The van der Waals surface area contributed by atoms with Gasteiger partial charge in [0.1, 0.15) is 4.83 Å². The maximum absolute atomic E-state index is 13.7. The molecule has 0 aliphatic carbocycles. The standard InChI is InChI=1S/C22H24N2O2S2/c1-5-22(4)11-16-17(12-26-22)28-19-18(16)20(25)24(15-9-7-6-8-10-15)21(23-19)27-13-14(2)3/h6-10H,2,5,11-13H2,1,3-4H3. The van der Waals surface area contributed by atoms with Crippen molar-refractivity contribution in [2.24, 2.45) is 0 Å². The SMILES string of the molecule is C=C(C)CSc1nc2sc3c(c2c(=O)n1-c1ccccc1)CC(C)(CC)OC3. The van der Waals surface area contributed by atoms with Crippen LogP contribution < -0.4 is 5.56 Å². The van der Waals surface area contributed by atoms with Crippen molar-refractivity contribution in [1.82, 2.24) is 9.55 Å². The summed E-state index contributed by atoms with van der Waals surface area (Å²) in [5.74, 6) is 0.729. The third-order valence-corrected chi connectivity index (χ3v) is 7.46. The van der Waals surface area contributed by atoms with Gasteiger partial charge in [0.05, 0.1) is 23.3 Å². The molecule has 1 aliphatic heterocycles. The molecule has 1 aromatic carbocycles. The van der Waals surface area contributed by atoms with Gasteiger partial charge in [-0.1, -0.05) is 49.0 Å². The van der Waals surface area contributed by atoms with E-state index in [4.69, 9.17) is 9.72 Å². The lowest BCUT2D eigenvalue weighted by molar-refractivity contribution is -0.0543. The summed E-state index contributed by atoms with van der Waals surface area (Å²) >= 11 is 3.15. The molecule has 0 amide bonds. The molecule has 3 heterocycles. The van der Waals surface area contributed by atoms with Gasteiger partial charge in [-0.3, -0.25) is 9.36 Å². The highest BCUT2D eigenvalue weighted by Crippen LogP contribution is 2.39. The first-order valence-electron chi connectivity index (χ1n) is 9.46. The van der Waals surface area contributed by atoms with Crippen molar-refractivity contribution in [3.05, 3.63) is 63.3 Å². The minimum absolute atomic E-state index is 0.0123. The second-order valence-corrected chi connectivity index (χ2v) is 9.60. The average molecular weight is 413 g/mol. The number of rotatable bonds is 5. The largest absolute Gasteiger partial charge is 0.369 e. The Kier molecular flexibility index (Phi) is 5.21. The number of para-hydroxylation sites is 1. The molecule has 4 nitrogen and oxygen atoms in total. The van der Waals surface area contributed by atoms with E-state index in [1.54, 1.807) is 27.7 Å². The number of hydrogen-bond donors (Lipinski definition) is 0. The summed E-state index contributed by atoms with van der Waals surface area (Å²) in [7, 11) is 0. The number of thioether (sulfide) groups is 1. The van der Waals surface area contributed by atoms with Crippen LogP contribution in [0.5, 0.6) is 0 Å². The third-order valence-electron chi connectivity index (χ3n) is 5.19. The molecule has 6 heteroatoms. The number of ether oxygens (including phenoxy) is 1. The first-order chi connectivity index (χ1) is 13.4. The van der Waals surface area contributed by atoms with Crippen molar-refractivity contribution in [3.8, 4) is 5.69 Å². The maximum atomic E-state index is 13.7. The molecule has 0 spiro atoms. The Balaban J connectivity index is 1.95. The van der Waals surface area contributed by atoms with Crippen LogP contribution in [0.1, 0.15) is 37.6 Å². The summed E-state index contributed by atoms with van der Waals surface area (Å²) in [5, 5.41) is 1.47. The van der Waals surface area contributed by atoms with E-state index in [0.717, 1.165) is 50.5 Å². The molecule has 0 fully saturated rings. The summed E-state index contributed by atoms with van der Waals surface area (Å²) in [6.45, 7) is 10.8. The molecule has 1 aliphatic rings. The number of thiophene rings is 1. The lowest BCUT2D eigenvalue weighted by Gasteiger charge is -2.32. The summed E-state index contributed by atoms with van der Waals surface area (Å²) in [6, 6.07) is 9.77. The van der Waals surface area contributed by atoms with Gasteiger partial charge >= 0.3 is 0 Å². The number of hydrogen-bond acceptors (Lipinski definition) is 5. The zero-order valence-electron chi connectivity index (χ0n) is 16.4. The molecule has 0 saturated carbocycles. The number of fused-ring (bicyclic) bond motifs is 3. The van der Waals surface area contributed by atoms with E-state index in [-0.39, 0.29) is 11.2 Å². The fourth-order valence-electron chi connectivity index (χ4n) is 3.42. The Hall–Kier alpha value is -1.89. The van der Waals surface area contributed by atoms with E-state index in [9.17, 15) is 4.79 Å². The molecule has 2 aromatic heterocycles. The molecule has 28 heavy (non-hydrogen) atoms. The van der Waals surface area contributed by atoms with Crippen molar-refractivity contribution < 1.29 is 4.74 Å². The molecule has 0 radical (unpaired) electrons. The molecule has 1 unspecified atom stereocenters. The lowest BCUT2D eigenvalue weighted by atomic mass is 9.90. The van der Waals surface area contributed by atoms with E-state index in [0.29, 0.717) is 11.8 Å². The van der Waals surface area contributed by atoms with Crippen LogP contribution >= 0.6 is 23.1 Å². The first kappa shape index (κ1) is 19.4. The summed E-state index contributed by atoms with van der Waals surface area (Å²) < 4.78 is 7.84. The Morgan fingerprint density at radius 3 is 2.82 bits per heavy atom. The van der Waals surface area contributed by atoms with Gasteiger partial charge in [-0.25, -0.2) is 4.98 Å². The Morgan fingerprint density at radius 2 is 2.14 bits per heavy atom. The van der Waals surface area contributed by atoms with E-state index in [2.05, 4.69) is 20.4 Å². The predicted octanol–water partition coefficient (Wildman–Crippen LogP) is 5.36. The van der Waals surface area contributed by atoms with E-state index < -0.39 is 0 Å². The van der Waals surface area contributed by atoms with Crippen molar-refractivity contribution in [3.63, 3.8) is 0 Å². The maximum Gasteiger partial charge on any atom is 0.267 e. The molecule has 4 rings (SSSR count). The molecular weight excluding hydrogens is 388 g/mol. The van der Waals surface area contributed by atoms with E-state index >= 15 is 0 Å². The zero-order valence-corrected chi connectivity index (χ0v) is 18.1. The van der Waals surface area contributed by atoms with Gasteiger partial charge in [0.2, 0.25) is 0 Å². The fourth-order valence-corrected chi connectivity index (χ4v) is 5.42. The Bertz CT molecular complexity index is 1100. The predicted molar refractivity (Wildman–Crippen MR) is 118 cm³/mol. The second-order valence-electron chi connectivity index (χ2n) is 7.57. The van der Waals surface area contributed by atoms with E-state index in [1.807, 2.05) is 37.3 Å². The van der Waals surface area contributed by atoms with Crippen LogP contribution in [0.25, 0.3) is 15.9 Å². The number of aromatic nitrogens is 2. The minimum Gasteiger partial charge on any atom is -0.369 e. The highest BCUT2D eigenvalue weighted by molar-refractivity contribution is 7.99. The highest BCUT2D eigenvalue weighted by atomic mass is 32.2. The first-order valence-corrected chi connectivity index (χ1v) is 11.3. The Morgan fingerprint density at radius 1 is 1.39 bits per heavy atom. The molecule has 3 aromatic rings. The third kappa shape index (κ3) is 3.45. The molecule has 0 N–H and O–H groups in total. The van der Waals surface area contributed by atoms with Crippen molar-refractivity contribution in [1.29, 1.82) is 0 Å². The van der Waals surface area contributed by atoms with Crippen molar-refractivity contribution in [2.45, 2.75) is 51.0 Å². The molecule has 146 valence electrons. The molecule has 0 saturated heterocycles. The quantitative estimate of drug-likeness (QED) is 0.322. The monoisotopic (exact) mass is 412 g/mol. The molecular formula is C22H24N2O2S2. The topological polar surface area (TPSA) is 44.1 Å². The average Bonchev–Trinajstić information content (AvgIpc) is 3.04. The minimum atomic E-state index is -0.224. The van der Waals surface area contributed by atoms with Crippen LogP contribution in [0.2, 0.25) is 0 Å². The van der Waals surface area contributed by atoms with Gasteiger partial charge in [0.15, 0.2) is 5.16 Å². The summed E-state index contributed by atoms with van der Waals surface area (Å²) in [5.41, 5.74) is 2.80. The van der Waals surface area contributed by atoms with Crippen LogP contribution in [0, 0.1) is 0 Å². The van der Waals surface area contributed by atoms with Crippen LogP contribution in [0.3, 0.4) is 0 Å². The Labute approximate surface area is 173 Å². The molecule has 0 bridgehead atoms. The number of benzene rings is 1. The smallest absolute Gasteiger partial charge is 0.267 e. The van der Waals surface area contributed by atoms with Gasteiger partial charge in [0.25, 0.3) is 5.56 Å². The van der Waals surface area contributed by atoms with Gasteiger partial charge in [0, 0.05) is 17.1 Å².